The van der Waals surface area contributed by atoms with Crippen LogP contribution in [0.3, 0.4) is 0 Å². The fourth-order valence-corrected chi connectivity index (χ4v) is 9.67. The van der Waals surface area contributed by atoms with Crippen molar-refractivity contribution < 1.29 is 0 Å². The fourth-order valence-electron chi connectivity index (χ4n) is 9.67. The molecular formula is C63H51N. The molecule has 308 valence electrons. The monoisotopic (exact) mass is 821 g/mol. The van der Waals surface area contributed by atoms with Gasteiger partial charge >= 0.3 is 0 Å². The molecule has 0 bridgehead atoms. The van der Waals surface area contributed by atoms with Gasteiger partial charge in [-0.2, -0.15) is 0 Å². The lowest BCUT2D eigenvalue weighted by atomic mass is 9.81. The van der Waals surface area contributed by atoms with E-state index in [4.69, 9.17) is 0 Å². The molecule has 2 aliphatic carbocycles. The van der Waals surface area contributed by atoms with Gasteiger partial charge in [0.2, 0.25) is 0 Å². The summed E-state index contributed by atoms with van der Waals surface area (Å²) < 4.78 is 0. The van der Waals surface area contributed by atoms with E-state index in [9.17, 15) is 0 Å². The SMILES string of the molecule is C=CC/C=C\C(=C1\C=CC=CC1)c1ccc(N(c2ccc(-c3ccc(-c4cccc5c4-c4ccccc4C5(C)C)c(-c4ccccc4)c3)cc2)c2cccc(-c3ccccc3)c2)cc1. The molecule has 8 aromatic rings. The summed E-state index contributed by atoms with van der Waals surface area (Å²) in [6.07, 6.45) is 16.8. The molecule has 0 unspecified atom stereocenters. The Kier molecular flexibility index (Phi) is 11.1. The van der Waals surface area contributed by atoms with Crippen LogP contribution in [0.4, 0.5) is 17.1 Å². The van der Waals surface area contributed by atoms with Crippen LogP contribution in [-0.2, 0) is 5.41 Å². The lowest BCUT2D eigenvalue weighted by Gasteiger charge is -2.26. The van der Waals surface area contributed by atoms with E-state index >= 15 is 0 Å². The van der Waals surface area contributed by atoms with Gasteiger partial charge in [-0.25, -0.2) is 0 Å². The van der Waals surface area contributed by atoms with Crippen LogP contribution in [0.15, 0.2) is 249 Å². The summed E-state index contributed by atoms with van der Waals surface area (Å²) in [5.74, 6) is 0. The molecule has 0 spiro atoms. The van der Waals surface area contributed by atoms with Crippen LogP contribution in [0.2, 0.25) is 0 Å². The van der Waals surface area contributed by atoms with Crippen LogP contribution in [-0.4, -0.2) is 0 Å². The van der Waals surface area contributed by atoms with Gasteiger partial charge < -0.3 is 4.90 Å². The molecule has 64 heavy (non-hydrogen) atoms. The highest BCUT2D eigenvalue weighted by molar-refractivity contribution is 5.98. The second-order valence-electron chi connectivity index (χ2n) is 17.2. The van der Waals surface area contributed by atoms with Crippen molar-refractivity contribution in [3.05, 3.63) is 265 Å². The Bertz CT molecular complexity index is 3100. The molecule has 2 aliphatic rings. The van der Waals surface area contributed by atoms with Gasteiger partial charge in [0, 0.05) is 22.5 Å². The third-order valence-electron chi connectivity index (χ3n) is 12.9. The molecule has 0 heterocycles. The molecule has 1 nitrogen and oxygen atoms in total. The first-order valence-corrected chi connectivity index (χ1v) is 22.4. The molecule has 0 saturated heterocycles. The minimum absolute atomic E-state index is 0.0667. The Morgan fingerprint density at radius 3 is 1.86 bits per heavy atom. The average Bonchev–Trinajstić information content (AvgIpc) is 3.60. The molecule has 0 saturated carbocycles. The van der Waals surface area contributed by atoms with Gasteiger partial charge in [-0.1, -0.05) is 208 Å². The van der Waals surface area contributed by atoms with E-state index < -0.39 is 0 Å². The van der Waals surface area contributed by atoms with Gasteiger partial charge in [0.25, 0.3) is 0 Å². The van der Waals surface area contributed by atoms with E-state index in [1.165, 1.54) is 83.5 Å². The lowest BCUT2D eigenvalue weighted by molar-refractivity contribution is 0.660. The molecule has 1 heteroatoms. The van der Waals surface area contributed by atoms with Crippen molar-refractivity contribution in [1.82, 2.24) is 0 Å². The minimum atomic E-state index is -0.0667. The second-order valence-corrected chi connectivity index (χ2v) is 17.2. The van der Waals surface area contributed by atoms with E-state index in [-0.39, 0.29) is 5.41 Å². The van der Waals surface area contributed by atoms with Crippen LogP contribution >= 0.6 is 0 Å². The van der Waals surface area contributed by atoms with E-state index in [1.54, 1.807) is 0 Å². The van der Waals surface area contributed by atoms with Gasteiger partial charge in [-0.3, -0.25) is 0 Å². The first-order valence-electron chi connectivity index (χ1n) is 22.4. The molecule has 0 N–H and O–H groups in total. The quantitative estimate of drug-likeness (QED) is 0.118. The van der Waals surface area contributed by atoms with Crippen molar-refractivity contribution in [3.8, 4) is 55.6 Å². The van der Waals surface area contributed by atoms with Crippen molar-refractivity contribution in [2.45, 2.75) is 32.1 Å². The number of nitrogens with zero attached hydrogens (tertiary/aromatic N) is 1. The fraction of sp³-hybridized carbons (Fsp3) is 0.0794. The van der Waals surface area contributed by atoms with Gasteiger partial charge in [-0.05, 0) is 139 Å². The van der Waals surface area contributed by atoms with Crippen LogP contribution in [0, 0.1) is 0 Å². The number of hydrogen-bond acceptors (Lipinski definition) is 1. The highest BCUT2D eigenvalue weighted by Crippen LogP contribution is 2.53. The Morgan fingerprint density at radius 2 is 1.12 bits per heavy atom. The normalized spacial score (nSPS) is 14.3. The van der Waals surface area contributed by atoms with Crippen molar-refractivity contribution >= 4 is 22.6 Å². The zero-order valence-corrected chi connectivity index (χ0v) is 36.6. The summed E-state index contributed by atoms with van der Waals surface area (Å²) in [5.41, 5.74) is 22.1. The molecule has 0 radical (unpaired) electrons. The predicted octanol–water partition coefficient (Wildman–Crippen LogP) is 17.5. The molecule has 0 aromatic heterocycles. The third kappa shape index (κ3) is 7.71. The van der Waals surface area contributed by atoms with Crippen LogP contribution < -0.4 is 4.90 Å². The first kappa shape index (κ1) is 40.3. The highest BCUT2D eigenvalue weighted by Gasteiger charge is 2.36. The number of rotatable bonds is 11. The molecule has 0 amide bonds. The zero-order valence-electron chi connectivity index (χ0n) is 36.6. The van der Waals surface area contributed by atoms with Gasteiger partial charge in [0.1, 0.15) is 0 Å². The largest absolute Gasteiger partial charge is 0.310 e. The number of benzene rings is 8. The summed E-state index contributed by atoms with van der Waals surface area (Å²) in [4.78, 5) is 2.37. The number of anilines is 3. The number of fused-ring (bicyclic) bond motifs is 3. The van der Waals surface area contributed by atoms with Crippen LogP contribution in [0.25, 0.3) is 61.2 Å². The lowest BCUT2D eigenvalue weighted by Crippen LogP contribution is -2.14. The summed E-state index contributed by atoms with van der Waals surface area (Å²) in [6.45, 7) is 8.64. The van der Waals surface area contributed by atoms with Crippen molar-refractivity contribution in [1.29, 1.82) is 0 Å². The standard InChI is InChI=1S/C63H51N/c1-4-5-9-28-55(47-22-12-7-13-23-47)49-35-40-53(41-36-49)64(54-27-18-26-50(43-54)45-20-10-6-11-21-45)52-38-33-46(34-39-52)51-37-42-56(59(44-51)48-24-14-8-15-25-48)57-30-19-32-61-62(57)58-29-16-17-31-60(58)63(61,2)3/h4,6-22,24-44H,1,5,23H2,2-3H3/b28-9-,55-47+. The zero-order chi connectivity index (χ0) is 43.5. The maximum Gasteiger partial charge on any atom is 0.0467 e. The van der Waals surface area contributed by atoms with Crippen molar-refractivity contribution in [2.24, 2.45) is 0 Å². The number of hydrogen-bond donors (Lipinski definition) is 0. The maximum atomic E-state index is 3.93. The number of allylic oxidation sites excluding steroid dienone is 9. The Morgan fingerprint density at radius 1 is 0.516 bits per heavy atom. The summed E-state index contributed by atoms with van der Waals surface area (Å²) in [7, 11) is 0. The van der Waals surface area contributed by atoms with E-state index in [0.29, 0.717) is 0 Å². The molecule has 8 aromatic carbocycles. The molecule has 0 fully saturated rings. The molecule has 0 atom stereocenters. The smallest absolute Gasteiger partial charge is 0.0467 e. The van der Waals surface area contributed by atoms with Crippen molar-refractivity contribution in [2.75, 3.05) is 4.90 Å². The maximum absolute atomic E-state index is 3.93. The topological polar surface area (TPSA) is 3.24 Å². The van der Waals surface area contributed by atoms with Gasteiger partial charge in [0.15, 0.2) is 0 Å². The van der Waals surface area contributed by atoms with Gasteiger partial charge in [0.05, 0.1) is 0 Å². The van der Waals surface area contributed by atoms with Crippen LogP contribution in [0.1, 0.15) is 43.4 Å². The Balaban J connectivity index is 1.05. The van der Waals surface area contributed by atoms with Gasteiger partial charge in [-0.15, -0.1) is 6.58 Å². The first-order chi connectivity index (χ1) is 31.5. The third-order valence-corrected chi connectivity index (χ3v) is 12.9. The Hall–Kier alpha value is -7.74. The summed E-state index contributed by atoms with van der Waals surface area (Å²) >= 11 is 0. The van der Waals surface area contributed by atoms with E-state index in [0.717, 1.165) is 29.9 Å². The molecule has 0 aliphatic heterocycles. The van der Waals surface area contributed by atoms with Crippen molar-refractivity contribution in [3.63, 3.8) is 0 Å². The molecule has 10 rings (SSSR count). The second kappa shape index (κ2) is 17.6. The molecular weight excluding hydrogens is 771 g/mol. The minimum Gasteiger partial charge on any atom is -0.310 e. The Labute approximate surface area is 379 Å². The highest BCUT2D eigenvalue weighted by atomic mass is 15.1. The van der Waals surface area contributed by atoms with Crippen LogP contribution in [0.5, 0.6) is 0 Å². The van der Waals surface area contributed by atoms with E-state index in [2.05, 4.69) is 256 Å². The summed E-state index contributed by atoms with van der Waals surface area (Å²) in [5, 5.41) is 0. The average molecular weight is 822 g/mol. The van der Waals surface area contributed by atoms with E-state index in [1.807, 2.05) is 6.08 Å². The summed E-state index contributed by atoms with van der Waals surface area (Å²) in [6, 6.07) is 71.3. The predicted molar refractivity (Wildman–Crippen MR) is 274 cm³/mol.